The Kier molecular flexibility index (Phi) is 11.2. The maximum absolute atomic E-state index is 12.7. The molecule has 2 aromatic heterocycles. The number of likely N-dealkylation sites (N-methyl/N-ethyl adjacent to an activating group) is 2. The fourth-order valence-corrected chi connectivity index (χ4v) is 10.1. The van der Waals surface area contributed by atoms with Gasteiger partial charge in [-0.25, -0.2) is 9.97 Å². The fraction of sp³-hybridized carbons (Fsp3) is 0.529. The molecule has 18 heteroatoms. The number of piperazine rings is 1. The number of hydrogen-bond acceptors (Lipinski definition) is 12. The van der Waals surface area contributed by atoms with Crippen molar-refractivity contribution in [2.24, 2.45) is 0 Å². The highest BCUT2D eigenvalue weighted by atomic mass is 35.5. The molecule has 2 N–H and O–H groups in total. The quantitative estimate of drug-likeness (QED) is 0.353. The van der Waals surface area contributed by atoms with E-state index in [9.17, 15) is 18.0 Å². The Morgan fingerprint density at radius 3 is 1.71 bits per heavy atom. The van der Waals surface area contributed by atoms with E-state index >= 15 is 0 Å². The molecule has 2 amide bonds. The van der Waals surface area contributed by atoms with Crippen LogP contribution in [0.3, 0.4) is 0 Å². The molecule has 0 aliphatic carbocycles. The molecule has 3 fully saturated rings. The zero-order chi connectivity index (χ0) is 36.5. The summed E-state index contributed by atoms with van der Waals surface area (Å²) < 4.78 is 24.7. The largest absolute Gasteiger partial charge is 0.368 e. The van der Waals surface area contributed by atoms with Gasteiger partial charge in [-0.3, -0.25) is 18.0 Å². The first-order valence-electron chi connectivity index (χ1n) is 17.5. The van der Waals surface area contributed by atoms with Crippen molar-refractivity contribution in [1.82, 2.24) is 29.7 Å². The number of carbonyl (C=O) groups excluding carboxylic acids is 2. The summed E-state index contributed by atoms with van der Waals surface area (Å²) in [5.41, 5.74) is 2.82. The zero-order valence-electron chi connectivity index (χ0n) is 29.1. The molecular weight excluding hydrogens is 747 g/mol. The van der Waals surface area contributed by atoms with E-state index in [0.29, 0.717) is 72.8 Å². The number of nitrogens with zero attached hydrogens (tertiary/aromatic N) is 8. The Bertz CT molecular complexity index is 1900. The number of carbonyl (C=O) groups is 2. The van der Waals surface area contributed by atoms with Crippen LogP contribution < -0.4 is 20.4 Å². The third-order valence-corrected chi connectivity index (χ3v) is 13.4. The summed E-state index contributed by atoms with van der Waals surface area (Å²) in [6, 6.07) is 8.14. The number of anilines is 4. The van der Waals surface area contributed by atoms with Crippen LogP contribution in [0, 0.1) is 0 Å². The predicted molar refractivity (Wildman–Crippen MR) is 203 cm³/mol. The van der Waals surface area contributed by atoms with Gasteiger partial charge in [-0.05, 0) is 48.7 Å². The smallest absolute Gasteiger partial charge is 0.227 e. The van der Waals surface area contributed by atoms with E-state index in [1.54, 1.807) is 16.8 Å². The SMILES string of the molecule is CN1C[C@H](Nc2nc(Cl)nc3c2S(=O)CC3)CCC1=O.CN1C[C@H](Nc2nc(N3CCN(c4ccc(Cl)cc4)CC3)nc3c2S(=O)CC3)CCC1=O. The van der Waals surface area contributed by atoms with Gasteiger partial charge < -0.3 is 30.2 Å². The molecule has 278 valence electrons. The number of fused-ring (bicyclic) bond motifs is 2. The van der Waals surface area contributed by atoms with E-state index in [1.807, 2.05) is 31.3 Å². The van der Waals surface area contributed by atoms with Gasteiger partial charge >= 0.3 is 0 Å². The lowest BCUT2D eigenvalue weighted by atomic mass is 10.1. The first-order valence-corrected chi connectivity index (χ1v) is 20.9. The highest BCUT2D eigenvalue weighted by Gasteiger charge is 2.32. The third-order valence-electron chi connectivity index (χ3n) is 10.0. The molecule has 3 aromatic rings. The van der Waals surface area contributed by atoms with E-state index in [0.717, 1.165) is 66.0 Å². The Morgan fingerprint density at radius 2 is 1.17 bits per heavy atom. The molecule has 7 heterocycles. The minimum absolute atomic E-state index is 0.101. The minimum Gasteiger partial charge on any atom is -0.368 e. The number of likely N-dealkylation sites (tertiary alicyclic amines) is 2. The van der Waals surface area contributed by atoms with Crippen LogP contribution in [-0.4, -0.2) is 127 Å². The van der Waals surface area contributed by atoms with Gasteiger partial charge in [0.25, 0.3) is 0 Å². The van der Waals surface area contributed by atoms with Crippen molar-refractivity contribution >= 4 is 79.9 Å². The first kappa shape index (κ1) is 36.7. The summed E-state index contributed by atoms with van der Waals surface area (Å²) in [5.74, 6) is 3.41. The Balaban J connectivity index is 0.000000180. The third kappa shape index (κ3) is 8.14. The van der Waals surface area contributed by atoms with Crippen molar-refractivity contribution in [3.05, 3.63) is 46.0 Å². The molecule has 5 aliphatic heterocycles. The highest BCUT2D eigenvalue weighted by molar-refractivity contribution is 7.85. The maximum Gasteiger partial charge on any atom is 0.227 e. The Hall–Kier alpha value is -3.60. The average molecular weight is 790 g/mol. The van der Waals surface area contributed by atoms with E-state index < -0.39 is 21.6 Å². The van der Waals surface area contributed by atoms with E-state index in [2.05, 4.69) is 30.4 Å². The zero-order valence-corrected chi connectivity index (χ0v) is 32.3. The fourth-order valence-electron chi connectivity index (χ4n) is 7.15. The minimum atomic E-state index is -1.08. The molecule has 0 bridgehead atoms. The number of halogens is 2. The molecule has 52 heavy (non-hydrogen) atoms. The molecule has 2 unspecified atom stereocenters. The lowest BCUT2D eigenvalue weighted by Crippen LogP contribution is -2.47. The summed E-state index contributed by atoms with van der Waals surface area (Å²) >= 11 is 11.9. The molecule has 4 atom stereocenters. The molecule has 1 aromatic carbocycles. The first-order chi connectivity index (χ1) is 25.0. The summed E-state index contributed by atoms with van der Waals surface area (Å²) in [5, 5.41) is 7.69. The lowest BCUT2D eigenvalue weighted by molar-refractivity contribution is -0.132. The molecule has 14 nitrogen and oxygen atoms in total. The van der Waals surface area contributed by atoms with Crippen LogP contribution >= 0.6 is 23.2 Å². The summed E-state index contributed by atoms with van der Waals surface area (Å²) in [4.78, 5) is 50.7. The second-order valence-corrected chi connectivity index (χ2v) is 17.4. The van der Waals surface area contributed by atoms with Crippen molar-refractivity contribution in [3.63, 3.8) is 0 Å². The molecule has 5 aliphatic rings. The summed E-state index contributed by atoms with van der Waals surface area (Å²) in [7, 11) is 1.46. The summed E-state index contributed by atoms with van der Waals surface area (Å²) in [6.45, 7) is 4.59. The standard InChI is InChI=1S/C22H27ClN6O2S.C12H15ClN4O2S/c1-27-14-16(4-7-19(27)30)24-21-20-18(8-13-32(20)31)25-22(26-21)29-11-9-28(10-12-29)17-5-2-15(23)3-6-17;1-17-6-7(2-3-9(17)18)14-11-10-8(4-5-20(10)19)15-12(13)16-11/h2-3,5-6,16H,4,7-14H2,1H3,(H,24,25,26);7H,2-6H2,1H3,(H,14,15,16)/t16-,32?;7-,20?/m11/s1. The van der Waals surface area contributed by atoms with Gasteiger partial charge in [0.05, 0.1) is 33.0 Å². The van der Waals surface area contributed by atoms with Gasteiger partial charge in [-0.1, -0.05) is 11.6 Å². The van der Waals surface area contributed by atoms with Crippen LogP contribution in [0.2, 0.25) is 10.3 Å². The Labute approximate surface area is 318 Å². The number of aromatic nitrogens is 4. The molecule has 0 spiro atoms. The Morgan fingerprint density at radius 1 is 0.673 bits per heavy atom. The number of rotatable bonds is 6. The number of amides is 2. The number of hydrogen-bond donors (Lipinski definition) is 2. The van der Waals surface area contributed by atoms with Crippen molar-refractivity contribution in [2.75, 3.05) is 85.3 Å². The number of piperidine rings is 2. The van der Waals surface area contributed by atoms with Gasteiger partial charge in [0.15, 0.2) is 0 Å². The van der Waals surface area contributed by atoms with Crippen molar-refractivity contribution in [1.29, 1.82) is 0 Å². The van der Waals surface area contributed by atoms with Gasteiger partial charge in [-0.2, -0.15) is 9.97 Å². The molecular formula is C34H42Cl2N10O4S2. The average Bonchev–Trinajstić information content (AvgIpc) is 3.70. The molecule has 8 rings (SSSR count). The van der Waals surface area contributed by atoms with E-state index in [1.165, 1.54) is 0 Å². The van der Waals surface area contributed by atoms with Crippen molar-refractivity contribution in [2.45, 2.75) is 60.4 Å². The monoisotopic (exact) mass is 788 g/mol. The van der Waals surface area contributed by atoms with E-state index in [4.69, 9.17) is 33.2 Å². The number of nitrogens with one attached hydrogen (secondary N) is 2. The van der Waals surface area contributed by atoms with Gasteiger partial charge in [0.2, 0.25) is 23.0 Å². The van der Waals surface area contributed by atoms with Crippen LogP contribution in [-0.2, 0) is 44.0 Å². The van der Waals surface area contributed by atoms with Crippen molar-refractivity contribution in [3.8, 4) is 0 Å². The van der Waals surface area contributed by atoms with Crippen LogP contribution in [0.5, 0.6) is 0 Å². The topological polar surface area (TPSA) is 157 Å². The summed E-state index contributed by atoms with van der Waals surface area (Å²) in [6.07, 6.45) is 3.90. The second kappa shape index (κ2) is 15.8. The maximum atomic E-state index is 12.7. The lowest BCUT2D eigenvalue weighted by Gasteiger charge is -2.36. The van der Waals surface area contributed by atoms with Gasteiger partial charge in [0, 0.05) is 113 Å². The second-order valence-electron chi connectivity index (χ2n) is 13.6. The highest BCUT2D eigenvalue weighted by Crippen LogP contribution is 2.32. The van der Waals surface area contributed by atoms with Gasteiger partial charge in [-0.15, -0.1) is 0 Å². The van der Waals surface area contributed by atoms with Crippen molar-refractivity contribution < 1.29 is 18.0 Å². The number of aryl methyl sites for hydroxylation is 2. The van der Waals surface area contributed by atoms with E-state index in [-0.39, 0.29) is 29.2 Å². The normalized spacial score (nSPS) is 24.3. The van der Waals surface area contributed by atoms with Crippen LogP contribution in [0.4, 0.5) is 23.3 Å². The van der Waals surface area contributed by atoms with Crippen LogP contribution in [0.15, 0.2) is 34.1 Å². The molecule has 0 saturated carbocycles. The molecule has 3 saturated heterocycles. The molecule has 0 radical (unpaired) electrons. The number of benzene rings is 1. The van der Waals surface area contributed by atoms with Crippen LogP contribution in [0.25, 0.3) is 0 Å². The van der Waals surface area contributed by atoms with Gasteiger partial charge in [0.1, 0.15) is 21.4 Å². The van der Waals surface area contributed by atoms with Crippen LogP contribution in [0.1, 0.15) is 37.1 Å². The predicted octanol–water partition coefficient (Wildman–Crippen LogP) is 2.98.